The first kappa shape index (κ1) is 17.6. The molecule has 0 bridgehead atoms. The van der Waals surface area contributed by atoms with Gasteiger partial charge in [-0.3, -0.25) is 4.98 Å². The molecule has 0 aliphatic heterocycles. The number of nitrogens with zero attached hydrogens (tertiary/aromatic N) is 4. The summed E-state index contributed by atoms with van der Waals surface area (Å²) in [6, 6.07) is 16.2. The normalized spacial score (nSPS) is 10.3. The van der Waals surface area contributed by atoms with Crippen LogP contribution in [0.15, 0.2) is 67.1 Å². The van der Waals surface area contributed by atoms with Crippen molar-refractivity contribution < 1.29 is 0 Å². The first-order chi connectivity index (χ1) is 12.8. The van der Waals surface area contributed by atoms with E-state index in [4.69, 9.17) is 4.98 Å². The average Bonchev–Trinajstić information content (AvgIpc) is 3.10. The van der Waals surface area contributed by atoms with Crippen LogP contribution in [0.2, 0.25) is 0 Å². The minimum absolute atomic E-state index is 0.681. The van der Waals surface area contributed by atoms with Crippen LogP contribution >= 0.6 is 0 Å². The summed E-state index contributed by atoms with van der Waals surface area (Å²) in [5, 5.41) is 7.89. The van der Waals surface area contributed by atoms with Gasteiger partial charge in [-0.05, 0) is 18.6 Å². The molecular weight excluding hydrogens is 322 g/mol. The molecule has 1 N–H and O–H groups in total. The zero-order valence-electron chi connectivity index (χ0n) is 15.3. The van der Waals surface area contributed by atoms with Crippen molar-refractivity contribution in [1.29, 1.82) is 0 Å². The smallest absolute Gasteiger partial charge is 0.160 e. The van der Waals surface area contributed by atoms with Crippen molar-refractivity contribution in [2.75, 3.05) is 5.32 Å². The molecule has 0 atom stereocenters. The Morgan fingerprint density at radius 2 is 1.81 bits per heavy atom. The van der Waals surface area contributed by atoms with Crippen molar-refractivity contribution in [3.8, 4) is 11.3 Å². The van der Waals surface area contributed by atoms with Crippen LogP contribution < -0.4 is 5.32 Å². The average molecular weight is 345 g/mol. The van der Waals surface area contributed by atoms with Crippen molar-refractivity contribution in [3.63, 3.8) is 0 Å². The Labute approximate surface area is 153 Å². The molecule has 3 heterocycles. The van der Waals surface area contributed by atoms with E-state index in [9.17, 15) is 0 Å². The van der Waals surface area contributed by atoms with Crippen molar-refractivity contribution in [3.05, 3.63) is 78.2 Å². The quantitative estimate of drug-likeness (QED) is 0.580. The molecule has 0 fully saturated rings. The van der Waals surface area contributed by atoms with Crippen molar-refractivity contribution in [2.24, 2.45) is 0 Å². The molecule has 5 nitrogen and oxygen atoms in total. The van der Waals surface area contributed by atoms with Crippen LogP contribution in [0.5, 0.6) is 0 Å². The fourth-order valence-corrected chi connectivity index (χ4v) is 2.65. The molecule has 0 saturated carbocycles. The fourth-order valence-electron chi connectivity index (χ4n) is 2.65. The maximum atomic E-state index is 4.77. The van der Waals surface area contributed by atoms with E-state index in [1.165, 1.54) is 0 Å². The third-order valence-corrected chi connectivity index (χ3v) is 3.91. The van der Waals surface area contributed by atoms with E-state index in [1.54, 1.807) is 6.20 Å². The van der Waals surface area contributed by atoms with E-state index < -0.39 is 0 Å². The lowest BCUT2D eigenvalue weighted by molar-refractivity contribution is 0.925. The molecule has 3 aromatic heterocycles. The topological polar surface area (TPSA) is 55.1 Å². The number of fused-ring (bicyclic) bond motifs is 1. The number of aryl methyl sites for hydroxylation is 1. The van der Waals surface area contributed by atoms with Gasteiger partial charge >= 0.3 is 0 Å². The Balaban J connectivity index is 0.000000948. The molecule has 4 rings (SSSR count). The maximum absolute atomic E-state index is 4.77. The summed E-state index contributed by atoms with van der Waals surface area (Å²) in [5.74, 6) is 0.913. The molecule has 4 aromatic rings. The summed E-state index contributed by atoms with van der Waals surface area (Å²) in [5.41, 5.74) is 5.06. The Hall–Kier alpha value is -3.21. The molecule has 0 spiro atoms. The van der Waals surface area contributed by atoms with Crippen LogP contribution in [0.1, 0.15) is 25.0 Å². The summed E-state index contributed by atoms with van der Waals surface area (Å²) >= 11 is 0. The summed E-state index contributed by atoms with van der Waals surface area (Å²) in [7, 11) is 0. The van der Waals surface area contributed by atoms with E-state index in [0.29, 0.717) is 6.54 Å². The highest BCUT2D eigenvalue weighted by atomic mass is 15.3. The fraction of sp³-hybridized carbons (Fsp3) is 0.190. The third-order valence-electron chi connectivity index (χ3n) is 3.91. The first-order valence-corrected chi connectivity index (χ1v) is 8.85. The van der Waals surface area contributed by atoms with Gasteiger partial charge in [0.25, 0.3) is 0 Å². The second kappa shape index (κ2) is 8.25. The molecule has 0 saturated heterocycles. The van der Waals surface area contributed by atoms with Crippen LogP contribution in [0.4, 0.5) is 5.82 Å². The van der Waals surface area contributed by atoms with Gasteiger partial charge in [-0.25, -0.2) is 4.98 Å². The van der Waals surface area contributed by atoms with E-state index in [1.807, 2.05) is 74.1 Å². The number of rotatable bonds is 4. The summed E-state index contributed by atoms with van der Waals surface area (Å²) in [6.07, 6.45) is 5.47. The molecule has 132 valence electrons. The molecular formula is C21H23N5. The maximum Gasteiger partial charge on any atom is 0.160 e. The van der Waals surface area contributed by atoms with Gasteiger partial charge in [-0.1, -0.05) is 50.2 Å². The van der Waals surface area contributed by atoms with Gasteiger partial charge in [0.05, 0.1) is 11.9 Å². The second-order valence-corrected chi connectivity index (χ2v) is 5.67. The Kier molecular flexibility index (Phi) is 5.59. The number of benzene rings is 1. The van der Waals surface area contributed by atoms with Crippen molar-refractivity contribution in [2.45, 2.75) is 27.3 Å². The SMILES string of the molecule is CC.Cc1cnn2c(NCc3cccnc3)cc(-c3ccccc3)nc12. The molecule has 26 heavy (non-hydrogen) atoms. The summed E-state index contributed by atoms with van der Waals surface area (Å²) in [4.78, 5) is 8.92. The molecule has 1 aromatic carbocycles. The van der Waals surface area contributed by atoms with Gasteiger partial charge < -0.3 is 5.32 Å². The number of hydrogen-bond acceptors (Lipinski definition) is 4. The number of pyridine rings is 1. The predicted octanol–water partition coefficient (Wildman–Crippen LogP) is 4.74. The highest BCUT2D eigenvalue weighted by Gasteiger charge is 2.10. The van der Waals surface area contributed by atoms with Crippen LogP contribution in [0.25, 0.3) is 16.9 Å². The van der Waals surface area contributed by atoms with Gasteiger partial charge in [0, 0.05) is 36.1 Å². The molecule has 0 aliphatic rings. The van der Waals surface area contributed by atoms with Crippen LogP contribution in [-0.2, 0) is 6.54 Å². The monoisotopic (exact) mass is 345 g/mol. The molecule has 0 aliphatic carbocycles. The van der Waals surface area contributed by atoms with Crippen LogP contribution in [0, 0.1) is 6.92 Å². The zero-order chi connectivity index (χ0) is 18.4. The summed E-state index contributed by atoms with van der Waals surface area (Å²) in [6.45, 7) is 6.70. The van der Waals surface area contributed by atoms with Gasteiger partial charge in [0.1, 0.15) is 5.82 Å². The van der Waals surface area contributed by atoms with Crippen LogP contribution in [-0.4, -0.2) is 19.6 Å². The highest BCUT2D eigenvalue weighted by Crippen LogP contribution is 2.23. The minimum atomic E-state index is 0.681. The Bertz CT molecular complexity index is 962. The van der Waals surface area contributed by atoms with E-state index in [0.717, 1.165) is 33.8 Å². The molecule has 5 heteroatoms. The number of nitrogens with one attached hydrogen (secondary N) is 1. The van der Waals surface area contributed by atoms with Gasteiger partial charge in [0.15, 0.2) is 5.65 Å². The van der Waals surface area contributed by atoms with Crippen molar-refractivity contribution in [1.82, 2.24) is 19.6 Å². The standard InChI is InChI=1S/C19H17N5.C2H6/c1-14-11-22-24-18(21-13-15-6-5-9-20-12-15)10-17(23-19(14)24)16-7-3-2-4-8-16;1-2/h2-12,21H,13H2,1H3;1-2H3. The first-order valence-electron chi connectivity index (χ1n) is 8.85. The molecule has 0 radical (unpaired) electrons. The lowest BCUT2D eigenvalue weighted by Gasteiger charge is -2.11. The van der Waals surface area contributed by atoms with Gasteiger partial charge in [-0.15, -0.1) is 0 Å². The number of aromatic nitrogens is 4. The highest BCUT2D eigenvalue weighted by molar-refractivity contribution is 5.67. The molecule has 0 unspecified atom stereocenters. The predicted molar refractivity (Wildman–Crippen MR) is 106 cm³/mol. The van der Waals surface area contributed by atoms with Gasteiger partial charge in [0.2, 0.25) is 0 Å². The van der Waals surface area contributed by atoms with E-state index in [2.05, 4.69) is 27.5 Å². The van der Waals surface area contributed by atoms with Crippen LogP contribution in [0.3, 0.4) is 0 Å². The molecule has 0 amide bonds. The lowest BCUT2D eigenvalue weighted by Crippen LogP contribution is -2.07. The number of hydrogen-bond donors (Lipinski definition) is 1. The zero-order valence-corrected chi connectivity index (χ0v) is 15.3. The largest absolute Gasteiger partial charge is 0.366 e. The van der Waals surface area contributed by atoms with E-state index >= 15 is 0 Å². The Morgan fingerprint density at radius 1 is 1.00 bits per heavy atom. The minimum Gasteiger partial charge on any atom is -0.366 e. The van der Waals surface area contributed by atoms with Gasteiger partial charge in [-0.2, -0.15) is 9.61 Å². The third kappa shape index (κ3) is 3.72. The van der Waals surface area contributed by atoms with E-state index in [-0.39, 0.29) is 0 Å². The summed E-state index contributed by atoms with van der Waals surface area (Å²) < 4.78 is 1.85. The lowest BCUT2D eigenvalue weighted by atomic mass is 10.1. The number of anilines is 1. The second-order valence-electron chi connectivity index (χ2n) is 5.67. The van der Waals surface area contributed by atoms with Crippen molar-refractivity contribution >= 4 is 11.5 Å². The Morgan fingerprint density at radius 3 is 2.54 bits per heavy atom.